The minimum absolute atomic E-state index is 0.0746. The van der Waals surface area contributed by atoms with Crippen molar-refractivity contribution in [3.05, 3.63) is 65.0 Å². The maximum Gasteiger partial charge on any atom is 0.266 e. The number of hydrogen-bond acceptors (Lipinski definition) is 9. The predicted molar refractivity (Wildman–Crippen MR) is 182 cm³/mol. The van der Waals surface area contributed by atoms with Crippen molar-refractivity contribution < 1.29 is 32.0 Å². The Balaban J connectivity index is 1.36. The number of para-hydroxylation sites is 2. The first-order valence-corrected chi connectivity index (χ1v) is 18.7. The molecule has 14 heteroatoms. The lowest BCUT2D eigenvalue weighted by atomic mass is 9.91. The number of carbonyl (C=O) groups excluding carboxylic acids is 3. The SMILES string of the molecule is CC(C)[C@H](NC(=O)[C@@H]1C[C@@H](OCc2ccc(Cl)cc2)CN1C(=O)[C@@H](CCC1CCNCC1)NS(C)(=O)=O)C(=O)c1nc2ccccc2o1. The van der Waals surface area contributed by atoms with Crippen molar-refractivity contribution in [3.8, 4) is 0 Å². The maximum absolute atomic E-state index is 14.2. The largest absolute Gasteiger partial charge is 0.434 e. The summed E-state index contributed by atoms with van der Waals surface area (Å²) in [5, 5.41) is 6.77. The first kappa shape index (κ1) is 35.9. The fourth-order valence-electron chi connectivity index (χ4n) is 6.36. The third kappa shape index (κ3) is 9.41. The van der Waals surface area contributed by atoms with Crippen molar-refractivity contribution in [1.29, 1.82) is 0 Å². The molecule has 12 nitrogen and oxygen atoms in total. The van der Waals surface area contributed by atoms with E-state index in [0.717, 1.165) is 37.8 Å². The summed E-state index contributed by atoms with van der Waals surface area (Å²) in [5.41, 5.74) is 1.85. The summed E-state index contributed by atoms with van der Waals surface area (Å²) < 4.78 is 39.2. The zero-order valence-electron chi connectivity index (χ0n) is 27.5. The molecule has 0 unspecified atom stereocenters. The second kappa shape index (κ2) is 15.9. The molecule has 0 saturated carbocycles. The number of oxazole rings is 1. The van der Waals surface area contributed by atoms with Gasteiger partial charge in [-0.2, -0.15) is 0 Å². The second-order valence-electron chi connectivity index (χ2n) is 13.1. The smallest absolute Gasteiger partial charge is 0.266 e. The van der Waals surface area contributed by atoms with E-state index in [4.69, 9.17) is 20.8 Å². The first-order chi connectivity index (χ1) is 22.9. The molecule has 3 aromatic rings. The molecule has 260 valence electrons. The molecule has 2 amide bonds. The van der Waals surface area contributed by atoms with E-state index >= 15 is 0 Å². The Morgan fingerprint density at radius 1 is 1.10 bits per heavy atom. The Morgan fingerprint density at radius 3 is 2.48 bits per heavy atom. The molecule has 0 radical (unpaired) electrons. The summed E-state index contributed by atoms with van der Waals surface area (Å²) in [6.45, 7) is 5.66. The topological polar surface area (TPSA) is 160 Å². The fraction of sp³-hybridized carbons (Fsp3) is 0.529. The number of amides is 2. The van der Waals surface area contributed by atoms with Gasteiger partial charge in [0.05, 0.1) is 25.0 Å². The van der Waals surface area contributed by atoms with Crippen molar-refractivity contribution in [2.75, 3.05) is 25.9 Å². The van der Waals surface area contributed by atoms with Gasteiger partial charge >= 0.3 is 0 Å². The van der Waals surface area contributed by atoms with Gasteiger partial charge in [0.2, 0.25) is 27.6 Å². The first-order valence-electron chi connectivity index (χ1n) is 16.4. The van der Waals surface area contributed by atoms with Crippen molar-refractivity contribution in [1.82, 2.24) is 25.2 Å². The van der Waals surface area contributed by atoms with Crippen LogP contribution in [0.15, 0.2) is 52.9 Å². The van der Waals surface area contributed by atoms with Gasteiger partial charge in [-0.25, -0.2) is 18.1 Å². The molecule has 2 aliphatic heterocycles. The van der Waals surface area contributed by atoms with E-state index in [1.165, 1.54) is 4.90 Å². The summed E-state index contributed by atoms with van der Waals surface area (Å²) in [6, 6.07) is 11.1. The molecular weight excluding hydrogens is 658 g/mol. The van der Waals surface area contributed by atoms with Crippen LogP contribution in [-0.4, -0.2) is 86.0 Å². The zero-order valence-corrected chi connectivity index (χ0v) is 29.1. The van der Waals surface area contributed by atoms with Crippen LogP contribution in [-0.2, 0) is 31.0 Å². The number of likely N-dealkylation sites (tertiary alicyclic amines) is 1. The maximum atomic E-state index is 14.2. The monoisotopic (exact) mass is 701 g/mol. The summed E-state index contributed by atoms with van der Waals surface area (Å²) in [4.78, 5) is 47.5. The van der Waals surface area contributed by atoms with Crippen LogP contribution < -0.4 is 15.4 Å². The van der Waals surface area contributed by atoms with Crippen molar-refractivity contribution in [3.63, 3.8) is 0 Å². The van der Waals surface area contributed by atoms with Gasteiger partial charge in [0.25, 0.3) is 5.89 Å². The van der Waals surface area contributed by atoms with Gasteiger partial charge < -0.3 is 24.7 Å². The van der Waals surface area contributed by atoms with Gasteiger partial charge in [-0.3, -0.25) is 14.4 Å². The highest BCUT2D eigenvalue weighted by molar-refractivity contribution is 7.88. The van der Waals surface area contributed by atoms with Crippen LogP contribution in [0.1, 0.15) is 62.2 Å². The number of Topliss-reactive ketones (excluding diaryl/α,β-unsaturated/α-hetero) is 1. The molecule has 0 aliphatic carbocycles. The summed E-state index contributed by atoms with van der Waals surface area (Å²) >= 11 is 6.03. The number of hydrogen-bond donors (Lipinski definition) is 3. The summed E-state index contributed by atoms with van der Waals surface area (Å²) in [5.74, 6) is -1.61. The lowest BCUT2D eigenvalue weighted by Crippen LogP contribution is -2.56. The molecule has 2 aromatic carbocycles. The van der Waals surface area contributed by atoms with Gasteiger partial charge in [-0.1, -0.05) is 49.7 Å². The van der Waals surface area contributed by atoms with Crippen LogP contribution in [0.2, 0.25) is 5.02 Å². The number of benzene rings is 2. The average molecular weight is 702 g/mol. The standard InChI is InChI=1S/C34H44ClN5O7S/c1-21(2)30(31(41)33-37-26-6-4-5-7-29(26)47-33)38-32(42)28-18-25(46-20-23-8-11-24(35)12-9-23)19-40(28)34(43)27(39-48(3,44)45)13-10-22-14-16-36-17-15-22/h4-9,11-12,21-22,25,27-28,30,36,39H,10,13-20H2,1-3H3,(H,38,42)/t25-,27-,28+,30+/m1/s1. The van der Waals surface area contributed by atoms with Crippen LogP contribution >= 0.6 is 11.6 Å². The molecule has 5 rings (SSSR count). The number of carbonyl (C=O) groups is 3. The molecule has 2 saturated heterocycles. The molecule has 0 spiro atoms. The van der Waals surface area contributed by atoms with E-state index in [9.17, 15) is 22.8 Å². The molecule has 2 fully saturated rings. The summed E-state index contributed by atoms with van der Waals surface area (Å²) in [6.07, 6.45) is 3.51. The zero-order chi connectivity index (χ0) is 34.4. The van der Waals surface area contributed by atoms with Crippen molar-refractivity contribution >= 4 is 50.3 Å². The number of sulfonamides is 1. The number of halogens is 1. The fourth-order valence-corrected chi connectivity index (χ4v) is 7.23. The molecule has 4 atom stereocenters. The van der Waals surface area contributed by atoms with E-state index in [0.29, 0.717) is 34.9 Å². The molecule has 3 N–H and O–H groups in total. The Kier molecular flexibility index (Phi) is 11.9. The number of piperidine rings is 1. The van der Waals surface area contributed by atoms with E-state index in [1.807, 2.05) is 12.1 Å². The van der Waals surface area contributed by atoms with Crippen LogP contribution in [0.25, 0.3) is 11.1 Å². The minimum atomic E-state index is -3.75. The van der Waals surface area contributed by atoms with E-state index in [2.05, 4.69) is 20.3 Å². The number of nitrogens with one attached hydrogen (secondary N) is 3. The molecule has 3 heterocycles. The Labute approximate surface area is 286 Å². The number of fused-ring (bicyclic) bond motifs is 1. The van der Waals surface area contributed by atoms with Crippen LogP contribution in [0.3, 0.4) is 0 Å². The summed E-state index contributed by atoms with van der Waals surface area (Å²) in [7, 11) is -3.75. The Morgan fingerprint density at radius 2 is 1.81 bits per heavy atom. The third-order valence-electron chi connectivity index (χ3n) is 8.98. The average Bonchev–Trinajstić information content (AvgIpc) is 3.69. The quantitative estimate of drug-likeness (QED) is 0.213. The number of aromatic nitrogens is 1. The second-order valence-corrected chi connectivity index (χ2v) is 15.3. The highest BCUT2D eigenvalue weighted by Crippen LogP contribution is 2.27. The van der Waals surface area contributed by atoms with Crippen LogP contribution in [0, 0.1) is 11.8 Å². The minimum Gasteiger partial charge on any atom is -0.434 e. The molecule has 48 heavy (non-hydrogen) atoms. The predicted octanol–water partition coefficient (Wildman–Crippen LogP) is 3.69. The van der Waals surface area contributed by atoms with Crippen LogP contribution in [0.5, 0.6) is 0 Å². The van der Waals surface area contributed by atoms with E-state index < -0.39 is 51.9 Å². The van der Waals surface area contributed by atoms with Gasteiger partial charge in [0.1, 0.15) is 17.6 Å². The Bertz CT molecular complexity index is 1660. The number of nitrogens with zero attached hydrogens (tertiary/aromatic N) is 2. The molecule has 0 bridgehead atoms. The molecule has 1 aromatic heterocycles. The van der Waals surface area contributed by atoms with Gasteiger partial charge in [-0.05, 0) is 80.4 Å². The highest BCUT2D eigenvalue weighted by Gasteiger charge is 2.44. The molecule has 2 aliphatic rings. The van der Waals surface area contributed by atoms with Crippen LogP contribution in [0.4, 0.5) is 0 Å². The third-order valence-corrected chi connectivity index (χ3v) is 9.94. The lowest BCUT2D eigenvalue weighted by molar-refractivity contribution is -0.140. The number of ether oxygens (including phenoxy) is 1. The normalized spacial score (nSPS) is 20.2. The van der Waals surface area contributed by atoms with E-state index in [1.54, 1.807) is 50.2 Å². The van der Waals surface area contributed by atoms with Crippen molar-refractivity contribution in [2.45, 2.75) is 76.8 Å². The Hall–Kier alpha value is -3.36. The van der Waals surface area contributed by atoms with Crippen molar-refractivity contribution in [2.24, 2.45) is 11.8 Å². The lowest BCUT2D eigenvalue weighted by Gasteiger charge is -2.31. The molecular formula is C34H44ClN5O7S. The highest BCUT2D eigenvalue weighted by atomic mass is 35.5. The number of ketones is 1. The number of rotatable bonds is 14. The van der Waals surface area contributed by atoms with Gasteiger partial charge in [0.15, 0.2) is 5.58 Å². The van der Waals surface area contributed by atoms with Gasteiger partial charge in [-0.15, -0.1) is 0 Å². The van der Waals surface area contributed by atoms with Gasteiger partial charge in [0, 0.05) is 18.0 Å². The van der Waals surface area contributed by atoms with E-state index in [-0.39, 0.29) is 31.4 Å².